The monoisotopic (exact) mass is 346 g/mol. The lowest BCUT2D eigenvalue weighted by Gasteiger charge is -2.11. The van der Waals surface area contributed by atoms with Crippen molar-refractivity contribution in [3.8, 4) is 17.0 Å². The van der Waals surface area contributed by atoms with E-state index in [1.807, 2.05) is 24.3 Å². The summed E-state index contributed by atoms with van der Waals surface area (Å²) in [6.45, 7) is 2.09. The third kappa shape index (κ3) is 3.62. The number of thioether (sulfide) groups is 1. The van der Waals surface area contributed by atoms with Gasteiger partial charge in [-0.2, -0.15) is 0 Å². The molecule has 0 radical (unpaired) electrons. The van der Waals surface area contributed by atoms with Crippen molar-refractivity contribution in [1.82, 2.24) is 5.16 Å². The molecule has 0 spiro atoms. The summed E-state index contributed by atoms with van der Waals surface area (Å²) in [5.41, 5.74) is 1.56. The van der Waals surface area contributed by atoms with Crippen LogP contribution in [0.2, 0.25) is 0 Å². The van der Waals surface area contributed by atoms with Gasteiger partial charge in [0.2, 0.25) is 11.8 Å². The summed E-state index contributed by atoms with van der Waals surface area (Å²) in [7, 11) is 1.61. The average molecular weight is 346 g/mol. The minimum atomic E-state index is 0.00147. The lowest BCUT2D eigenvalue weighted by Crippen LogP contribution is -2.24. The largest absolute Gasteiger partial charge is 0.497 e. The van der Waals surface area contributed by atoms with Gasteiger partial charge >= 0.3 is 0 Å². The lowest BCUT2D eigenvalue weighted by molar-refractivity contribution is -0.117. The van der Waals surface area contributed by atoms with Crippen molar-refractivity contribution in [1.29, 1.82) is 0 Å². The van der Waals surface area contributed by atoms with E-state index >= 15 is 0 Å². The number of anilines is 1. The molecule has 1 fully saturated rings. The van der Waals surface area contributed by atoms with Gasteiger partial charge in [0.1, 0.15) is 11.4 Å². The molecule has 7 heteroatoms. The van der Waals surface area contributed by atoms with Gasteiger partial charge in [-0.1, -0.05) is 16.9 Å². The topological polar surface area (TPSA) is 72.6 Å². The predicted molar refractivity (Wildman–Crippen MR) is 92.1 cm³/mol. The van der Waals surface area contributed by atoms with E-state index in [0.717, 1.165) is 11.3 Å². The van der Waals surface area contributed by atoms with E-state index in [1.54, 1.807) is 18.1 Å². The summed E-state index contributed by atoms with van der Waals surface area (Å²) in [6.07, 6.45) is 0.429. The van der Waals surface area contributed by atoms with Gasteiger partial charge in [0.05, 0.1) is 7.11 Å². The fraction of sp³-hybridized carbons (Fsp3) is 0.353. The Morgan fingerprint density at radius 1 is 1.42 bits per heavy atom. The number of ether oxygens (including phenoxy) is 1. The first-order valence-corrected chi connectivity index (χ1v) is 8.60. The van der Waals surface area contributed by atoms with Crippen LogP contribution in [0.15, 0.2) is 34.9 Å². The van der Waals surface area contributed by atoms with Crippen LogP contribution in [0.5, 0.6) is 5.75 Å². The molecule has 1 aromatic heterocycles. The van der Waals surface area contributed by atoms with E-state index in [2.05, 4.69) is 5.16 Å². The van der Waals surface area contributed by atoms with Crippen molar-refractivity contribution >= 4 is 28.7 Å². The second-order valence-corrected chi connectivity index (χ2v) is 6.85. The smallest absolute Gasteiger partial charge is 0.234 e. The van der Waals surface area contributed by atoms with Crippen molar-refractivity contribution in [3.63, 3.8) is 0 Å². The van der Waals surface area contributed by atoms with E-state index in [4.69, 9.17) is 9.26 Å². The molecule has 1 amide bonds. The van der Waals surface area contributed by atoms with E-state index < -0.39 is 0 Å². The van der Waals surface area contributed by atoms with Crippen molar-refractivity contribution in [2.45, 2.75) is 13.3 Å². The molecule has 1 aliphatic rings. The number of rotatable bonds is 5. The molecule has 0 saturated carbocycles. The Morgan fingerprint density at radius 3 is 2.83 bits per heavy atom. The zero-order chi connectivity index (χ0) is 17.1. The molecule has 1 atom stereocenters. The van der Waals surface area contributed by atoms with Crippen LogP contribution in [0.25, 0.3) is 11.3 Å². The van der Waals surface area contributed by atoms with Crippen molar-refractivity contribution < 1.29 is 18.8 Å². The van der Waals surface area contributed by atoms with E-state index in [9.17, 15) is 9.59 Å². The molecule has 1 unspecified atom stereocenters. The third-order valence-corrected chi connectivity index (χ3v) is 4.92. The highest BCUT2D eigenvalue weighted by Crippen LogP contribution is 2.31. The maximum atomic E-state index is 12.2. The Hall–Kier alpha value is -2.28. The first kappa shape index (κ1) is 16.6. The first-order valence-electron chi connectivity index (χ1n) is 7.61. The molecule has 24 heavy (non-hydrogen) atoms. The minimum Gasteiger partial charge on any atom is -0.497 e. The molecule has 2 heterocycles. The Labute approximate surface area is 144 Å². The quantitative estimate of drug-likeness (QED) is 0.829. The van der Waals surface area contributed by atoms with Crippen LogP contribution in [0, 0.1) is 5.92 Å². The molecule has 126 valence electrons. The Bertz CT molecular complexity index is 741. The van der Waals surface area contributed by atoms with Gasteiger partial charge in [0.15, 0.2) is 5.12 Å². The molecule has 0 N–H and O–H groups in total. The molecule has 6 nitrogen and oxygen atoms in total. The Morgan fingerprint density at radius 2 is 2.17 bits per heavy atom. The number of benzene rings is 1. The van der Waals surface area contributed by atoms with Gasteiger partial charge in [-0.15, -0.1) is 0 Å². The molecule has 0 aliphatic carbocycles. The number of aromatic nitrogens is 1. The van der Waals surface area contributed by atoms with Crippen LogP contribution in [0.3, 0.4) is 0 Å². The summed E-state index contributed by atoms with van der Waals surface area (Å²) in [4.78, 5) is 24.9. The van der Waals surface area contributed by atoms with E-state index in [-0.39, 0.29) is 16.9 Å². The number of hydrogen-bond acceptors (Lipinski definition) is 6. The second kappa shape index (κ2) is 7.09. The fourth-order valence-corrected chi connectivity index (χ4v) is 3.33. The van der Waals surface area contributed by atoms with Crippen molar-refractivity contribution in [3.05, 3.63) is 30.3 Å². The molecular weight excluding hydrogens is 328 g/mol. The Balaban J connectivity index is 1.70. The molecule has 2 aromatic rings. The summed E-state index contributed by atoms with van der Waals surface area (Å²) in [6, 6.07) is 9.23. The van der Waals surface area contributed by atoms with Crippen LogP contribution < -0.4 is 9.64 Å². The normalized spacial score (nSPS) is 17.3. The van der Waals surface area contributed by atoms with Gasteiger partial charge in [-0.3, -0.25) is 14.5 Å². The molecule has 1 saturated heterocycles. The van der Waals surface area contributed by atoms with Crippen molar-refractivity contribution in [2.24, 2.45) is 5.92 Å². The summed E-state index contributed by atoms with van der Waals surface area (Å²) >= 11 is 1.26. The number of carbonyl (C=O) groups is 2. The maximum Gasteiger partial charge on any atom is 0.234 e. The second-order valence-electron chi connectivity index (χ2n) is 5.66. The minimum absolute atomic E-state index is 0.00147. The zero-order valence-corrected chi connectivity index (χ0v) is 14.3. The first-order chi connectivity index (χ1) is 11.6. The number of nitrogens with zero attached hydrogens (tertiary/aromatic N) is 2. The van der Waals surface area contributed by atoms with Crippen LogP contribution in [-0.4, -0.2) is 35.6 Å². The third-order valence-electron chi connectivity index (χ3n) is 3.88. The van der Waals surface area contributed by atoms with Crippen LogP contribution in [0.4, 0.5) is 5.88 Å². The number of hydrogen-bond donors (Lipinski definition) is 0. The van der Waals surface area contributed by atoms with Crippen LogP contribution in [-0.2, 0) is 9.59 Å². The highest BCUT2D eigenvalue weighted by atomic mass is 32.2. The standard InChI is InChI=1S/C17H18N2O4S/c1-11(20)24-10-12-7-16(21)19(9-12)17-8-15(18-23-17)13-3-5-14(22-2)6-4-13/h3-6,8,12H,7,9-10H2,1-2H3. The van der Waals surface area contributed by atoms with Crippen LogP contribution >= 0.6 is 11.8 Å². The van der Waals surface area contributed by atoms with Gasteiger partial charge in [0.25, 0.3) is 0 Å². The maximum absolute atomic E-state index is 12.2. The average Bonchev–Trinajstić information content (AvgIpc) is 3.19. The van der Waals surface area contributed by atoms with Gasteiger partial charge in [-0.25, -0.2) is 0 Å². The zero-order valence-electron chi connectivity index (χ0n) is 13.5. The number of methoxy groups -OCH3 is 1. The van der Waals surface area contributed by atoms with Crippen molar-refractivity contribution in [2.75, 3.05) is 24.3 Å². The summed E-state index contributed by atoms with van der Waals surface area (Å²) in [5.74, 6) is 2.02. The molecule has 3 rings (SSSR count). The molecule has 0 bridgehead atoms. The molecule has 1 aromatic carbocycles. The van der Waals surface area contributed by atoms with E-state index in [0.29, 0.717) is 30.3 Å². The summed E-state index contributed by atoms with van der Waals surface area (Å²) in [5, 5.41) is 4.12. The lowest BCUT2D eigenvalue weighted by atomic mass is 10.1. The van der Waals surface area contributed by atoms with Gasteiger partial charge in [0, 0.05) is 37.3 Å². The Kier molecular flexibility index (Phi) is 4.89. The van der Waals surface area contributed by atoms with Crippen LogP contribution in [0.1, 0.15) is 13.3 Å². The number of amides is 1. The van der Waals surface area contributed by atoms with E-state index in [1.165, 1.54) is 18.7 Å². The highest BCUT2D eigenvalue weighted by Gasteiger charge is 2.33. The molecular formula is C17H18N2O4S. The van der Waals surface area contributed by atoms with Gasteiger partial charge in [-0.05, 0) is 30.2 Å². The summed E-state index contributed by atoms with van der Waals surface area (Å²) < 4.78 is 10.5. The predicted octanol–water partition coefficient (Wildman–Crippen LogP) is 2.98. The SMILES string of the molecule is COc1ccc(-c2cc(N3CC(CSC(C)=O)CC3=O)on2)cc1. The van der Waals surface area contributed by atoms with Gasteiger partial charge < -0.3 is 9.26 Å². The number of carbonyl (C=O) groups excluding carboxylic acids is 2. The molecule has 1 aliphatic heterocycles. The highest BCUT2D eigenvalue weighted by molar-refractivity contribution is 8.13. The fourth-order valence-electron chi connectivity index (χ4n) is 2.63.